The van der Waals surface area contributed by atoms with Crippen LogP contribution < -0.4 is 23.6 Å². The molecule has 5 N–H and O–H groups in total. The first kappa shape index (κ1) is 45.5. The third kappa shape index (κ3) is 7.96. The van der Waals surface area contributed by atoms with Gasteiger partial charge in [0.1, 0.15) is 0 Å². The van der Waals surface area contributed by atoms with Crippen LogP contribution in [0.25, 0.3) is 0 Å². The minimum Gasteiger partial charge on any atom is -0.314 e. The molecule has 0 radical (unpaired) electrons. The summed E-state index contributed by atoms with van der Waals surface area (Å²) in [7, 11) is -36.3. The van der Waals surface area contributed by atoms with E-state index in [0.29, 0.717) is 14.2 Å². The summed E-state index contributed by atoms with van der Waals surface area (Å²) in [6.45, 7) is -5.72. The topological polar surface area (TPSA) is 231 Å². The first-order valence-corrected chi connectivity index (χ1v) is 17.9. The van der Waals surface area contributed by atoms with Crippen molar-refractivity contribution in [3.8, 4) is 0 Å². The molecular weight excluding hydrogens is 819 g/mol. The fourth-order valence-electron chi connectivity index (χ4n) is 2.24. The number of alkyl halides is 15. The highest BCUT2D eigenvalue weighted by Gasteiger charge is 2.83. The lowest BCUT2D eigenvalue weighted by atomic mass is 10.3. The van der Waals surface area contributed by atoms with Gasteiger partial charge < -0.3 is 5.32 Å². The summed E-state index contributed by atoms with van der Waals surface area (Å²) >= 11 is 0. The number of halogens is 15. The molecule has 0 aliphatic rings. The van der Waals surface area contributed by atoms with Crippen LogP contribution in [0.1, 0.15) is 0 Å². The molecule has 0 atom stereocenters. The molecule has 0 saturated heterocycles. The summed E-state index contributed by atoms with van der Waals surface area (Å²) in [5, 5.41) is -26.9. The van der Waals surface area contributed by atoms with Gasteiger partial charge in [0, 0.05) is 26.2 Å². The Hall–Kier alpha value is -1.50. The van der Waals surface area contributed by atoms with Crippen molar-refractivity contribution in [1.29, 1.82) is 0 Å². The van der Waals surface area contributed by atoms with E-state index >= 15 is 0 Å². The lowest BCUT2D eigenvalue weighted by Gasteiger charge is -2.31. The molecule has 0 aromatic carbocycles. The average molecular weight is 836 g/mol. The molecule has 0 heterocycles. The Morgan fingerprint density at radius 3 is 0.957 bits per heavy atom. The van der Waals surface area contributed by atoms with E-state index in [4.69, 9.17) is 0 Å². The molecule has 0 saturated carbocycles. The lowest BCUT2D eigenvalue weighted by molar-refractivity contribution is -0.244. The normalized spacial score (nSPS) is 16.0. The minimum absolute atomic E-state index is 0.0667. The van der Waals surface area contributed by atoms with Gasteiger partial charge in [0.05, 0.1) is 0 Å². The van der Waals surface area contributed by atoms with Crippen LogP contribution in [0, 0.1) is 0 Å². The van der Waals surface area contributed by atoms with Crippen molar-refractivity contribution in [3.05, 3.63) is 0 Å². The van der Waals surface area contributed by atoms with Crippen molar-refractivity contribution in [3.63, 3.8) is 0 Å². The van der Waals surface area contributed by atoms with Crippen LogP contribution in [-0.2, 0) is 50.1 Å². The Balaban J connectivity index is 5.59. The molecule has 0 aliphatic carbocycles. The molecule has 284 valence electrons. The van der Waals surface area contributed by atoms with E-state index in [-0.39, 0.29) is 7.05 Å². The maximum Gasteiger partial charge on any atom is 0.512 e. The summed E-state index contributed by atoms with van der Waals surface area (Å²) in [6.07, 6.45) is 0. The lowest BCUT2D eigenvalue weighted by Crippen LogP contribution is -2.65. The average Bonchev–Trinajstić information content (AvgIpc) is 2.85. The molecule has 0 unspecified atom stereocenters. The zero-order valence-electron chi connectivity index (χ0n) is 21.6. The standard InChI is InChI=1S/C12H16F15N5O10S5/c1-28-43(33,34)8(17,18)6(13,14)9(19,20)44(35,36)30-4-2-29-3-5-31-45(37,38)10(21,22)7(15,16)11(23,24)46(39,40)32-47(41,42)12(25,26)27/h28-32H,2-5H2,1H3. The Bertz CT molecular complexity index is 1700. The van der Waals surface area contributed by atoms with Crippen LogP contribution in [0.2, 0.25) is 0 Å². The van der Waals surface area contributed by atoms with Gasteiger partial charge in [0.15, 0.2) is 0 Å². The fraction of sp³-hybridized carbons (Fsp3) is 1.00. The molecule has 0 bridgehead atoms. The predicted molar refractivity (Wildman–Crippen MR) is 121 cm³/mol. The van der Waals surface area contributed by atoms with Crippen LogP contribution >= 0.6 is 0 Å². The largest absolute Gasteiger partial charge is 0.512 e. The zero-order chi connectivity index (χ0) is 38.4. The van der Waals surface area contributed by atoms with Gasteiger partial charge in [-0.05, 0) is 7.05 Å². The van der Waals surface area contributed by atoms with Crippen molar-refractivity contribution >= 4 is 50.1 Å². The molecule has 0 fully saturated rings. The van der Waals surface area contributed by atoms with Gasteiger partial charge in [-0.25, -0.2) is 56.3 Å². The highest BCUT2D eigenvalue weighted by atomic mass is 32.3. The SMILES string of the molecule is CNS(=O)(=O)C(F)(F)C(F)(F)C(F)(F)S(=O)(=O)NCCNCCNS(=O)(=O)C(F)(F)C(F)(F)C(F)(F)S(=O)(=O)NS(=O)(=O)C(F)(F)F. The van der Waals surface area contributed by atoms with Gasteiger partial charge >= 0.3 is 48.4 Å². The van der Waals surface area contributed by atoms with E-state index in [9.17, 15) is 108 Å². The van der Waals surface area contributed by atoms with Gasteiger partial charge in [0.25, 0.3) is 40.1 Å². The summed E-state index contributed by atoms with van der Waals surface area (Å²) in [5.74, 6) is -14.9. The number of hydrogen-bond acceptors (Lipinski definition) is 11. The maximum atomic E-state index is 14.0. The molecule has 35 heteroatoms. The highest BCUT2D eigenvalue weighted by Crippen LogP contribution is 2.51. The molecule has 0 aliphatic heterocycles. The second-order valence-electron chi connectivity index (χ2n) is 8.00. The van der Waals surface area contributed by atoms with E-state index in [2.05, 4.69) is 0 Å². The number of sulfonamides is 5. The predicted octanol–water partition coefficient (Wildman–Crippen LogP) is -0.625. The molecule has 15 nitrogen and oxygen atoms in total. The molecule has 0 aromatic rings. The first-order chi connectivity index (χ1) is 20.2. The van der Waals surface area contributed by atoms with Crippen molar-refractivity contribution < 1.29 is 108 Å². The Labute approximate surface area is 253 Å². The van der Waals surface area contributed by atoms with Crippen molar-refractivity contribution in [2.45, 2.75) is 38.4 Å². The zero-order valence-corrected chi connectivity index (χ0v) is 25.7. The van der Waals surface area contributed by atoms with Crippen molar-refractivity contribution in [2.75, 3.05) is 33.2 Å². The number of hydrogen-bond donors (Lipinski definition) is 5. The van der Waals surface area contributed by atoms with E-state index < -0.39 is 119 Å². The van der Waals surface area contributed by atoms with E-state index in [1.54, 1.807) is 5.32 Å². The van der Waals surface area contributed by atoms with Gasteiger partial charge in [0.2, 0.25) is 0 Å². The fourth-order valence-corrected chi connectivity index (χ4v) is 7.54. The van der Waals surface area contributed by atoms with Crippen LogP contribution in [0.4, 0.5) is 65.9 Å². The Morgan fingerprint density at radius 1 is 0.404 bits per heavy atom. The maximum absolute atomic E-state index is 14.0. The smallest absolute Gasteiger partial charge is 0.314 e. The molecule has 0 rings (SSSR count). The quantitative estimate of drug-likeness (QED) is 0.0813. The van der Waals surface area contributed by atoms with E-state index in [0.717, 1.165) is 0 Å². The number of rotatable bonds is 19. The van der Waals surface area contributed by atoms with E-state index in [1.165, 1.54) is 0 Å². The third-order valence-electron chi connectivity index (χ3n) is 4.79. The molecule has 0 spiro atoms. The molecular formula is C12H16F15N5O10S5. The Kier molecular flexibility index (Phi) is 12.9. The summed E-state index contributed by atoms with van der Waals surface area (Å²) < 4.78 is 314. The number of nitrogens with one attached hydrogen (secondary N) is 5. The third-order valence-corrected chi connectivity index (χ3v) is 12.6. The summed E-state index contributed by atoms with van der Waals surface area (Å²) in [5.41, 5.74) is -6.80. The minimum atomic E-state index is -8.04. The highest BCUT2D eigenvalue weighted by molar-refractivity contribution is 8.05. The van der Waals surface area contributed by atoms with Crippen molar-refractivity contribution in [2.24, 2.45) is 0 Å². The van der Waals surface area contributed by atoms with Crippen LogP contribution in [-0.4, -0.2) is 114 Å². The van der Waals surface area contributed by atoms with Gasteiger partial charge in [-0.2, -0.15) is 65.9 Å². The van der Waals surface area contributed by atoms with Crippen LogP contribution in [0.5, 0.6) is 0 Å². The van der Waals surface area contributed by atoms with Gasteiger partial charge in [-0.1, -0.05) is 4.13 Å². The van der Waals surface area contributed by atoms with Gasteiger partial charge in [-0.3, -0.25) is 0 Å². The molecule has 0 aromatic heterocycles. The van der Waals surface area contributed by atoms with Crippen LogP contribution in [0.15, 0.2) is 0 Å². The second kappa shape index (κ2) is 13.3. The van der Waals surface area contributed by atoms with E-state index in [1.807, 2.05) is 0 Å². The Morgan fingerprint density at radius 2 is 0.681 bits per heavy atom. The molecule has 47 heavy (non-hydrogen) atoms. The second-order valence-corrected chi connectivity index (χ2v) is 17.2. The molecule has 0 amide bonds. The monoisotopic (exact) mass is 835 g/mol. The summed E-state index contributed by atoms with van der Waals surface area (Å²) in [4.78, 5) is 0. The van der Waals surface area contributed by atoms with Crippen molar-refractivity contribution in [1.82, 2.24) is 23.6 Å². The van der Waals surface area contributed by atoms with Crippen LogP contribution in [0.3, 0.4) is 0 Å². The summed E-state index contributed by atoms with van der Waals surface area (Å²) in [6, 6.07) is 0. The van der Waals surface area contributed by atoms with Gasteiger partial charge in [-0.15, -0.1) is 0 Å². The first-order valence-electron chi connectivity index (χ1n) is 10.5.